The maximum absolute atomic E-state index is 11.4. The molecule has 0 radical (unpaired) electrons. The Morgan fingerprint density at radius 3 is 2.80 bits per heavy atom. The molecule has 5 nitrogen and oxygen atoms in total. The molecule has 30 heavy (non-hydrogen) atoms. The van der Waals surface area contributed by atoms with E-state index in [1.807, 2.05) is 23.7 Å². The largest absolute Gasteiger partial charge is 0.375 e. The summed E-state index contributed by atoms with van der Waals surface area (Å²) in [5.74, 6) is -0.0252. The van der Waals surface area contributed by atoms with Crippen LogP contribution in [-0.2, 0) is 21.5 Å². The lowest BCUT2D eigenvalue weighted by atomic mass is 9.68. The normalized spacial score (nSPS) is 22.6. The highest BCUT2D eigenvalue weighted by atomic mass is 35.5. The summed E-state index contributed by atoms with van der Waals surface area (Å²) in [4.78, 5) is 17.3. The first kappa shape index (κ1) is 23.2. The number of halogens is 1. The summed E-state index contributed by atoms with van der Waals surface area (Å²) in [6.07, 6.45) is 10.0. The molecule has 1 aliphatic carbocycles. The van der Waals surface area contributed by atoms with Crippen LogP contribution in [0.25, 0.3) is 0 Å². The molecule has 2 aromatic heterocycles. The van der Waals surface area contributed by atoms with Gasteiger partial charge in [0.1, 0.15) is 0 Å². The fourth-order valence-corrected chi connectivity index (χ4v) is 5.90. The monoisotopic (exact) mass is 449 g/mol. The Bertz CT molecular complexity index is 823. The predicted octanol–water partition coefficient (Wildman–Crippen LogP) is 5.06. The molecule has 2 aliphatic rings. The van der Waals surface area contributed by atoms with Crippen LogP contribution < -0.4 is 10.6 Å². The lowest BCUT2D eigenvalue weighted by Gasteiger charge is -2.46. The van der Waals surface area contributed by atoms with E-state index in [0.717, 1.165) is 44.6 Å². The van der Waals surface area contributed by atoms with Crippen molar-refractivity contribution >= 4 is 35.3 Å². The van der Waals surface area contributed by atoms with Gasteiger partial charge in [-0.3, -0.25) is 9.78 Å². The molecule has 2 aromatic rings. The first-order valence-corrected chi connectivity index (χ1v) is 11.6. The number of pyridine rings is 1. The number of nitrogens with one attached hydrogen (secondary N) is 2. The van der Waals surface area contributed by atoms with E-state index in [1.165, 1.54) is 36.3 Å². The van der Waals surface area contributed by atoms with Crippen LogP contribution in [0.2, 0.25) is 0 Å². The fourth-order valence-electron chi connectivity index (χ4n) is 5.10. The van der Waals surface area contributed by atoms with Gasteiger partial charge < -0.3 is 15.4 Å². The second-order valence-electron chi connectivity index (χ2n) is 8.53. The minimum atomic E-state index is -0.0252. The minimum absolute atomic E-state index is 0. The van der Waals surface area contributed by atoms with Crippen LogP contribution in [0.5, 0.6) is 0 Å². The summed E-state index contributed by atoms with van der Waals surface area (Å²) < 4.78 is 6.33. The van der Waals surface area contributed by atoms with Crippen molar-refractivity contribution in [2.24, 2.45) is 0 Å². The zero-order valence-electron chi connectivity index (χ0n) is 17.6. The third kappa shape index (κ3) is 5.22. The third-order valence-electron chi connectivity index (χ3n) is 6.49. The van der Waals surface area contributed by atoms with Crippen molar-refractivity contribution in [2.45, 2.75) is 69.4 Å². The Morgan fingerprint density at radius 2 is 2.07 bits per heavy atom. The molecule has 1 amide bonds. The van der Waals surface area contributed by atoms with Gasteiger partial charge >= 0.3 is 0 Å². The highest BCUT2D eigenvalue weighted by molar-refractivity contribution is 7.10. The van der Waals surface area contributed by atoms with Gasteiger partial charge in [0.2, 0.25) is 5.91 Å². The van der Waals surface area contributed by atoms with Gasteiger partial charge in [0.25, 0.3) is 0 Å². The molecule has 7 heteroatoms. The zero-order chi connectivity index (χ0) is 20.2. The number of aromatic nitrogens is 1. The summed E-state index contributed by atoms with van der Waals surface area (Å²) in [7, 11) is 0. The molecular weight excluding hydrogens is 418 g/mol. The smallest absolute Gasteiger partial charge is 0.221 e. The van der Waals surface area contributed by atoms with Gasteiger partial charge in [-0.1, -0.05) is 18.9 Å². The van der Waals surface area contributed by atoms with Crippen molar-refractivity contribution in [3.63, 3.8) is 0 Å². The van der Waals surface area contributed by atoms with Gasteiger partial charge in [-0.15, -0.1) is 23.7 Å². The van der Waals surface area contributed by atoms with Crippen LogP contribution in [0.15, 0.2) is 35.8 Å². The molecular formula is C23H32ClN3O2S. The maximum Gasteiger partial charge on any atom is 0.221 e. The topological polar surface area (TPSA) is 63.2 Å². The Labute approximate surface area is 189 Å². The number of amides is 1. The number of carbonyl (C=O) groups is 1. The van der Waals surface area contributed by atoms with E-state index < -0.39 is 0 Å². The first-order valence-electron chi connectivity index (χ1n) is 10.7. The second kappa shape index (κ2) is 10.2. The Morgan fingerprint density at radius 1 is 1.23 bits per heavy atom. The van der Waals surface area contributed by atoms with Crippen LogP contribution in [-0.4, -0.2) is 29.6 Å². The molecule has 2 fully saturated rings. The number of hydrogen-bond acceptors (Lipinski definition) is 5. The molecule has 1 saturated carbocycles. The van der Waals surface area contributed by atoms with E-state index in [-0.39, 0.29) is 29.3 Å². The van der Waals surface area contributed by atoms with Gasteiger partial charge in [-0.25, -0.2) is 0 Å². The molecule has 1 atom stereocenters. The summed E-state index contributed by atoms with van der Waals surface area (Å²) in [5, 5.41) is 8.56. The van der Waals surface area contributed by atoms with Gasteiger partial charge in [0, 0.05) is 42.3 Å². The number of rotatable bonds is 7. The predicted molar refractivity (Wildman–Crippen MR) is 124 cm³/mol. The molecule has 3 heterocycles. The summed E-state index contributed by atoms with van der Waals surface area (Å²) in [6.45, 7) is 4.07. The standard InChI is InChI=1S/C23H31N3O2S.ClH/c1-18(27)26-19-7-15-29-20(19)16-24-13-10-22(21-6-2-5-12-25-21)11-14-28-23(17-22)8-3-4-9-23;/h2,5-7,12,15,24H,3-4,8-11,13-14,16-17H2,1H3,(H,26,27);1H/t22-;/m1./s1. The first-order chi connectivity index (χ1) is 14.1. The molecule has 0 unspecified atom stereocenters. The van der Waals surface area contributed by atoms with E-state index in [0.29, 0.717) is 0 Å². The van der Waals surface area contributed by atoms with E-state index in [1.54, 1.807) is 18.3 Å². The van der Waals surface area contributed by atoms with Crippen molar-refractivity contribution in [3.05, 3.63) is 46.4 Å². The zero-order valence-corrected chi connectivity index (χ0v) is 19.2. The fraction of sp³-hybridized carbons (Fsp3) is 0.565. The number of nitrogens with zero attached hydrogens (tertiary/aromatic N) is 1. The van der Waals surface area contributed by atoms with Crippen LogP contribution in [0, 0.1) is 0 Å². The highest BCUT2D eigenvalue weighted by Crippen LogP contribution is 2.49. The molecule has 4 rings (SSSR count). The van der Waals surface area contributed by atoms with E-state index >= 15 is 0 Å². The van der Waals surface area contributed by atoms with Crippen LogP contribution in [0.1, 0.15) is 62.4 Å². The van der Waals surface area contributed by atoms with Crippen LogP contribution in [0.3, 0.4) is 0 Å². The van der Waals surface area contributed by atoms with Crippen molar-refractivity contribution in [2.75, 3.05) is 18.5 Å². The van der Waals surface area contributed by atoms with Crippen LogP contribution >= 0.6 is 23.7 Å². The third-order valence-corrected chi connectivity index (χ3v) is 7.42. The SMILES string of the molecule is CC(=O)Nc1ccsc1CNCC[C@@]1(c2ccccn2)CCOC2(CCCC2)C1.Cl. The van der Waals surface area contributed by atoms with Crippen molar-refractivity contribution in [1.29, 1.82) is 0 Å². The molecule has 1 aliphatic heterocycles. The number of ether oxygens (including phenoxy) is 1. The van der Waals surface area contributed by atoms with E-state index in [4.69, 9.17) is 9.72 Å². The van der Waals surface area contributed by atoms with Crippen molar-refractivity contribution in [3.8, 4) is 0 Å². The molecule has 0 aromatic carbocycles. The van der Waals surface area contributed by atoms with Crippen LogP contribution in [0.4, 0.5) is 5.69 Å². The molecule has 1 spiro atoms. The van der Waals surface area contributed by atoms with E-state index in [9.17, 15) is 4.79 Å². The Balaban J connectivity index is 0.00000256. The van der Waals surface area contributed by atoms with Gasteiger partial charge in [0.15, 0.2) is 0 Å². The average Bonchev–Trinajstić information content (AvgIpc) is 3.35. The van der Waals surface area contributed by atoms with Gasteiger partial charge in [-0.05, 0) is 62.2 Å². The number of anilines is 1. The number of carbonyl (C=O) groups excluding carboxylic acids is 1. The quantitative estimate of drug-likeness (QED) is 0.579. The maximum atomic E-state index is 11.4. The number of hydrogen-bond donors (Lipinski definition) is 2. The summed E-state index contributed by atoms with van der Waals surface area (Å²) >= 11 is 1.68. The second-order valence-corrected chi connectivity index (χ2v) is 9.53. The summed E-state index contributed by atoms with van der Waals surface area (Å²) in [6, 6.07) is 8.28. The highest BCUT2D eigenvalue weighted by Gasteiger charge is 2.48. The molecule has 1 saturated heterocycles. The lowest BCUT2D eigenvalue weighted by molar-refractivity contribution is -0.114. The van der Waals surface area contributed by atoms with Gasteiger partial charge in [0.05, 0.1) is 11.3 Å². The molecule has 164 valence electrons. The molecule has 0 bridgehead atoms. The lowest BCUT2D eigenvalue weighted by Crippen LogP contribution is -2.47. The Hall–Kier alpha value is -1.47. The minimum Gasteiger partial charge on any atom is -0.375 e. The van der Waals surface area contributed by atoms with E-state index in [2.05, 4.69) is 22.8 Å². The van der Waals surface area contributed by atoms with Crippen molar-refractivity contribution < 1.29 is 9.53 Å². The Kier molecular flexibility index (Phi) is 7.91. The number of thiophene rings is 1. The van der Waals surface area contributed by atoms with Gasteiger partial charge in [-0.2, -0.15) is 0 Å². The molecule has 2 N–H and O–H groups in total. The average molecular weight is 450 g/mol. The van der Waals surface area contributed by atoms with Crippen molar-refractivity contribution in [1.82, 2.24) is 10.3 Å². The summed E-state index contributed by atoms with van der Waals surface area (Å²) in [5.41, 5.74) is 2.27.